The Morgan fingerprint density at radius 2 is 1.43 bits per heavy atom. The van der Waals surface area contributed by atoms with Crippen LogP contribution in [0.4, 0.5) is 0 Å². The zero-order chi connectivity index (χ0) is 20.7. The van der Waals surface area contributed by atoms with Crippen LogP contribution in [0.25, 0.3) is 11.6 Å². The summed E-state index contributed by atoms with van der Waals surface area (Å²) in [5.74, 6) is 0.917. The van der Waals surface area contributed by atoms with Crippen LogP contribution in [0.15, 0.2) is 42.5 Å². The third kappa shape index (κ3) is 4.51. The Morgan fingerprint density at radius 3 is 2.00 bits per heavy atom. The van der Waals surface area contributed by atoms with Gasteiger partial charge in [0.05, 0.1) is 0 Å². The van der Waals surface area contributed by atoms with E-state index in [1.54, 1.807) is 0 Å². The number of rotatable bonds is 3. The minimum absolute atomic E-state index is 0.170. The lowest BCUT2D eigenvalue weighted by molar-refractivity contribution is 0.131. The van der Waals surface area contributed by atoms with Crippen LogP contribution in [0.1, 0.15) is 90.5 Å². The van der Waals surface area contributed by atoms with Crippen LogP contribution in [0.3, 0.4) is 0 Å². The van der Waals surface area contributed by atoms with E-state index in [0.29, 0.717) is 0 Å². The van der Waals surface area contributed by atoms with Gasteiger partial charge in [0.2, 0.25) is 0 Å². The Balaban J connectivity index is 1.90. The molecule has 1 heteroatoms. The molecule has 0 bridgehead atoms. The van der Waals surface area contributed by atoms with Gasteiger partial charge in [-0.25, -0.2) is 0 Å². The van der Waals surface area contributed by atoms with Crippen LogP contribution >= 0.6 is 0 Å². The molecule has 0 aromatic heterocycles. The quantitative estimate of drug-likeness (QED) is 0.497. The van der Waals surface area contributed by atoms with Crippen LogP contribution < -0.4 is 4.74 Å². The second-order valence-corrected chi connectivity index (χ2v) is 10.6. The molecule has 1 aliphatic rings. The largest absolute Gasteiger partial charge is 0.488 e. The molecule has 2 aromatic rings. The molecule has 0 aliphatic heterocycles. The summed E-state index contributed by atoms with van der Waals surface area (Å²) in [5.41, 5.74) is 7.20. The molecule has 0 saturated heterocycles. The molecule has 0 unspecified atom stereocenters. The summed E-state index contributed by atoms with van der Waals surface area (Å²) in [6.45, 7) is 18.0. The van der Waals surface area contributed by atoms with Crippen molar-refractivity contribution in [3.05, 3.63) is 64.7 Å². The van der Waals surface area contributed by atoms with Gasteiger partial charge >= 0.3 is 0 Å². The van der Waals surface area contributed by atoms with Gasteiger partial charge in [0.15, 0.2) is 0 Å². The molecular weight excluding hydrogens is 340 g/mol. The van der Waals surface area contributed by atoms with Crippen LogP contribution in [0.5, 0.6) is 5.75 Å². The van der Waals surface area contributed by atoms with Crippen LogP contribution in [-0.4, -0.2) is 5.60 Å². The fourth-order valence-electron chi connectivity index (χ4n) is 4.15. The third-order valence-corrected chi connectivity index (χ3v) is 6.00. The number of benzene rings is 2. The van der Waals surface area contributed by atoms with E-state index < -0.39 is 0 Å². The van der Waals surface area contributed by atoms with Gasteiger partial charge in [-0.1, -0.05) is 64.1 Å². The zero-order valence-electron chi connectivity index (χ0n) is 18.9. The van der Waals surface area contributed by atoms with Crippen molar-refractivity contribution >= 4 is 11.6 Å². The second kappa shape index (κ2) is 7.10. The summed E-state index contributed by atoms with van der Waals surface area (Å²) >= 11 is 0. The lowest BCUT2D eigenvalue weighted by Gasteiger charge is -2.42. The first-order valence-corrected chi connectivity index (χ1v) is 10.5. The molecule has 0 spiro atoms. The molecule has 0 N–H and O–H groups in total. The van der Waals surface area contributed by atoms with Crippen LogP contribution in [-0.2, 0) is 10.8 Å². The zero-order valence-corrected chi connectivity index (χ0v) is 18.9. The minimum atomic E-state index is -0.170. The molecular formula is C27H36O. The van der Waals surface area contributed by atoms with Gasteiger partial charge < -0.3 is 4.74 Å². The van der Waals surface area contributed by atoms with Crippen LogP contribution in [0, 0.1) is 0 Å². The second-order valence-electron chi connectivity index (χ2n) is 10.6. The molecule has 1 aliphatic carbocycles. The Bertz CT molecular complexity index is 873. The van der Waals surface area contributed by atoms with Gasteiger partial charge in [-0.3, -0.25) is 0 Å². The van der Waals surface area contributed by atoms with E-state index in [9.17, 15) is 0 Å². The van der Waals surface area contributed by atoms with Gasteiger partial charge in [-0.2, -0.15) is 0 Å². The topological polar surface area (TPSA) is 9.23 Å². The molecule has 0 heterocycles. The molecule has 0 atom stereocenters. The lowest BCUT2D eigenvalue weighted by atomic mass is 9.63. The van der Waals surface area contributed by atoms with Crippen molar-refractivity contribution in [3.8, 4) is 5.75 Å². The molecule has 0 fully saturated rings. The highest BCUT2D eigenvalue weighted by Crippen LogP contribution is 2.46. The number of fused-ring (bicyclic) bond motifs is 1. The smallest absolute Gasteiger partial charge is 0.120 e. The standard InChI is InChI=1S/C27H36O/c1-19(17-20-9-12-22(13-10-20)28-25(2,3)4)21-11-14-23-24(18-21)27(7,8)16-15-26(23,5)6/h9-14,17-18H,15-16H2,1-8H3/b19-17+. The van der Waals surface area contributed by atoms with E-state index in [4.69, 9.17) is 4.74 Å². The van der Waals surface area contributed by atoms with Gasteiger partial charge in [-0.15, -0.1) is 0 Å². The van der Waals surface area contributed by atoms with Gasteiger partial charge in [0.25, 0.3) is 0 Å². The van der Waals surface area contributed by atoms with Crippen molar-refractivity contribution in [1.82, 2.24) is 0 Å². The Labute approximate surface area is 171 Å². The summed E-state index contributed by atoms with van der Waals surface area (Å²) in [4.78, 5) is 0. The first-order valence-electron chi connectivity index (χ1n) is 10.5. The van der Waals surface area contributed by atoms with E-state index in [1.165, 1.54) is 40.7 Å². The SMILES string of the molecule is C/C(=C\c1ccc(OC(C)(C)C)cc1)c1ccc2c(c1)C(C)(C)CCC2(C)C. The predicted molar refractivity (Wildman–Crippen MR) is 122 cm³/mol. The Kier molecular flexibility index (Phi) is 5.25. The van der Waals surface area contributed by atoms with E-state index >= 15 is 0 Å². The monoisotopic (exact) mass is 376 g/mol. The van der Waals surface area contributed by atoms with Gasteiger partial charge in [0, 0.05) is 0 Å². The fourth-order valence-corrected chi connectivity index (χ4v) is 4.15. The van der Waals surface area contributed by atoms with Crippen molar-refractivity contribution in [1.29, 1.82) is 0 Å². The molecule has 0 amide bonds. The molecule has 0 radical (unpaired) electrons. The molecule has 28 heavy (non-hydrogen) atoms. The normalized spacial score (nSPS) is 18.5. The average Bonchev–Trinajstić information content (AvgIpc) is 2.59. The predicted octanol–water partition coefficient (Wildman–Crippen LogP) is 7.77. The summed E-state index contributed by atoms with van der Waals surface area (Å²) in [6, 6.07) is 15.5. The number of allylic oxidation sites excluding steroid dienone is 1. The summed E-state index contributed by atoms with van der Waals surface area (Å²) in [5, 5.41) is 0. The number of hydrogen-bond donors (Lipinski definition) is 0. The molecule has 150 valence electrons. The van der Waals surface area contributed by atoms with E-state index in [-0.39, 0.29) is 16.4 Å². The average molecular weight is 377 g/mol. The Morgan fingerprint density at radius 1 is 0.857 bits per heavy atom. The molecule has 2 aromatic carbocycles. The van der Waals surface area contributed by atoms with Gasteiger partial charge in [0.1, 0.15) is 11.4 Å². The highest BCUT2D eigenvalue weighted by Gasteiger charge is 2.36. The van der Waals surface area contributed by atoms with Crippen molar-refractivity contribution in [2.24, 2.45) is 0 Å². The first kappa shape index (κ1) is 20.7. The highest BCUT2D eigenvalue weighted by atomic mass is 16.5. The van der Waals surface area contributed by atoms with Crippen molar-refractivity contribution in [2.45, 2.75) is 84.7 Å². The highest BCUT2D eigenvalue weighted by molar-refractivity contribution is 5.80. The summed E-state index contributed by atoms with van der Waals surface area (Å²) < 4.78 is 5.93. The van der Waals surface area contributed by atoms with Crippen molar-refractivity contribution < 1.29 is 4.74 Å². The fraction of sp³-hybridized carbons (Fsp3) is 0.481. The number of hydrogen-bond acceptors (Lipinski definition) is 1. The van der Waals surface area contributed by atoms with Crippen molar-refractivity contribution in [3.63, 3.8) is 0 Å². The molecule has 0 saturated carbocycles. The lowest BCUT2D eigenvalue weighted by Crippen LogP contribution is -2.33. The number of ether oxygens (including phenoxy) is 1. The minimum Gasteiger partial charge on any atom is -0.488 e. The maximum atomic E-state index is 5.93. The Hall–Kier alpha value is -2.02. The summed E-state index contributed by atoms with van der Waals surface area (Å²) in [7, 11) is 0. The van der Waals surface area contributed by atoms with Gasteiger partial charge in [-0.05, 0) is 91.3 Å². The molecule has 3 rings (SSSR count). The third-order valence-electron chi connectivity index (χ3n) is 6.00. The summed E-state index contributed by atoms with van der Waals surface area (Å²) in [6.07, 6.45) is 4.77. The first-order chi connectivity index (χ1) is 12.9. The molecule has 1 nitrogen and oxygen atoms in total. The van der Waals surface area contributed by atoms with Crippen LogP contribution in [0.2, 0.25) is 0 Å². The van der Waals surface area contributed by atoms with E-state index in [1.807, 2.05) is 0 Å². The van der Waals surface area contributed by atoms with E-state index in [0.717, 1.165) is 5.75 Å². The maximum absolute atomic E-state index is 5.93. The van der Waals surface area contributed by atoms with Crippen molar-refractivity contribution in [2.75, 3.05) is 0 Å². The van der Waals surface area contributed by atoms with E-state index in [2.05, 4.69) is 104 Å². The maximum Gasteiger partial charge on any atom is 0.120 e.